The van der Waals surface area contributed by atoms with Crippen molar-refractivity contribution >= 4 is 17.1 Å². The highest BCUT2D eigenvalue weighted by atomic mass is 16.6. The van der Waals surface area contributed by atoms with Gasteiger partial charge in [-0.3, -0.25) is 0 Å². The Morgan fingerprint density at radius 1 is 1.07 bits per heavy atom. The molecule has 0 saturated carbocycles. The number of aromatic hydroxyl groups is 1. The third kappa shape index (κ3) is 4.70. The van der Waals surface area contributed by atoms with E-state index in [2.05, 4.69) is 10.3 Å². The number of anilines is 1. The number of hydrogen-bond acceptors (Lipinski definition) is 7. The molecule has 3 aromatic rings. The normalized spacial score (nSPS) is 11.2. The minimum absolute atomic E-state index is 0.00759. The Morgan fingerprint density at radius 2 is 1.76 bits per heavy atom. The lowest BCUT2D eigenvalue weighted by Gasteiger charge is -2.13. The monoisotopic (exact) mass is 391 g/mol. The molecule has 0 saturated heterocycles. The largest absolute Gasteiger partial charge is 0.504 e. The Morgan fingerprint density at radius 3 is 2.38 bits per heavy atom. The number of methoxy groups -OCH3 is 1. The first-order valence-corrected chi connectivity index (χ1v) is 8.88. The lowest BCUT2D eigenvalue weighted by atomic mass is 9.96. The van der Waals surface area contributed by atoms with E-state index >= 15 is 0 Å². The third-order valence-electron chi connectivity index (χ3n) is 4.40. The first-order chi connectivity index (χ1) is 14.0. The summed E-state index contributed by atoms with van der Waals surface area (Å²) < 4.78 is 5.25. The second-order valence-corrected chi connectivity index (χ2v) is 6.40. The Kier molecular flexibility index (Phi) is 6.09. The zero-order chi connectivity index (χ0) is 20.8. The van der Waals surface area contributed by atoms with Crippen LogP contribution in [0.2, 0.25) is 0 Å². The molecule has 3 aromatic carbocycles. The minimum atomic E-state index is 0.00759. The molecule has 0 fully saturated rings. The summed E-state index contributed by atoms with van der Waals surface area (Å²) in [7, 11) is 1.50. The molecule has 3 N–H and O–H groups in total. The highest BCUT2D eigenvalue weighted by molar-refractivity contribution is 6.05. The summed E-state index contributed by atoms with van der Waals surface area (Å²) in [6.07, 6.45) is 0. The van der Waals surface area contributed by atoms with Gasteiger partial charge in [-0.25, -0.2) is 0 Å². The van der Waals surface area contributed by atoms with E-state index in [1.54, 1.807) is 55.5 Å². The fraction of sp³-hybridized carbons (Fsp3) is 0.136. The predicted octanol–water partition coefficient (Wildman–Crippen LogP) is 4.99. The Labute approximate surface area is 168 Å². The van der Waals surface area contributed by atoms with Gasteiger partial charge in [-0.2, -0.15) is 0 Å². The second-order valence-electron chi connectivity index (χ2n) is 6.40. The summed E-state index contributed by atoms with van der Waals surface area (Å²) in [6, 6.07) is 17.5. The van der Waals surface area contributed by atoms with E-state index in [1.165, 1.54) is 7.11 Å². The molecule has 0 spiro atoms. The molecule has 3 rings (SSSR count). The molecule has 0 aliphatic rings. The maximum absolute atomic E-state index is 10.5. The van der Waals surface area contributed by atoms with Gasteiger partial charge in [0, 0.05) is 11.3 Å². The van der Waals surface area contributed by atoms with Gasteiger partial charge in [0.2, 0.25) is 0 Å². The molecule has 0 bridgehead atoms. The highest BCUT2D eigenvalue weighted by Crippen LogP contribution is 2.35. The average Bonchev–Trinajstić information content (AvgIpc) is 2.74. The summed E-state index contributed by atoms with van der Waals surface area (Å²) in [6.45, 7) is 2.03. The molecule has 0 atom stereocenters. The third-order valence-corrected chi connectivity index (χ3v) is 4.40. The fourth-order valence-corrected chi connectivity index (χ4v) is 2.84. The van der Waals surface area contributed by atoms with Crippen LogP contribution in [0.4, 0.5) is 11.4 Å². The topological polar surface area (TPSA) is 107 Å². The molecule has 7 nitrogen and oxygen atoms in total. The number of nitrogens with two attached hydrogens (primary N) is 1. The van der Waals surface area contributed by atoms with Crippen molar-refractivity contribution in [2.75, 3.05) is 12.8 Å². The van der Waals surface area contributed by atoms with Gasteiger partial charge in [-0.1, -0.05) is 29.4 Å². The van der Waals surface area contributed by atoms with Crippen LogP contribution in [0.5, 0.6) is 11.5 Å². The van der Waals surface area contributed by atoms with Crippen molar-refractivity contribution < 1.29 is 14.7 Å². The number of nitroso groups, excluding NO2 is 1. The zero-order valence-corrected chi connectivity index (χ0v) is 16.1. The smallest absolute Gasteiger partial charge is 0.161 e. The quantitative estimate of drug-likeness (QED) is 0.255. The van der Waals surface area contributed by atoms with E-state index in [1.807, 2.05) is 12.1 Å². The van der Waals surface area contributed by atoms with Crippen LogP contribution in [0.3, 0.4) is 0 Å². The van der Waals surface area contributed by atoms with E-state index in [0.29, 0.717) is 28.4 Å². The van der Waals surface area contributed by atoms with Gasteiger partial charge in [-0.05, 0) is 65.2 Å². The molecule has 0 aliphatic heterocycles. The molecular weight excluding hydrogens is 370 g/mol. The molecule has 0 aromatic heterocycles. The Balaban J connectivity index is 1.88. The van der Waals surface area contributed by atoms with E-state index in [9.17, 15) is 10.0 Å². The summed E-state index contributed by atoms with van der Waals surface area (Å²) >= 11 is 0. The van der Waals surface area contributed by atoms with Gasteiger partial charge in [-0.15, -0.1) is 4.91 Å². The van der Waals surface area contributed by atoms with Crippen molar-refractivity contribution in [3.63, 3.8) is 0 Å². The van der Waals surface area contributed by atoms with Crippen LogP contribution in [-0.4, -0.2) is 17.9 Å². The number of nitrogens with zero attached hydrogens (tertiary/aromatic N) is 2. The van der Waals surface area contributed by atoms with Gasteiger partial charge < -0.3 is 20.4 Å². The number of nitrogen functional groups attached to an aromatic ring is 1. The maximum Gasteiger partial charge on any atom is 0.161 e. The maximum atomic E-state index is 10.5. The summed E-state index contributed by atoms with van der Waals surface area (Å²) in [5, 5.41) is 17.3. The number of oxime groups is 1. The number of ether oxygens (including phenoxy) is 1. The van der Waals surface area contributed by atoms with Crippen molar-refractivity contribution in [1.82, 2.24) is 0 Å². The van der Waals surface area contributed by atoms with Gasteiger partial charge in [0.15, 0.2) is 11.5 Å². The van der Waals surface area contributed by atoms with Crippen LogP contribution in [0, 0.1) is 4.91 Å². The zero-order valence-electron chi connectivity index (χ0n) is 16.1. The molecule has 0 unspecified atom stereocenters. The molecule has 0 amide bonds. The second kappa shape index (κ2) is 8.88. The fourth-order valence-electron chi connectivity index (χ4n) is 2.84. The van der Waals surface area contributed by atoms with E-state index in [4.69, 9.17) is 15.3 Å². The Hall–Kier alpha value is -3.87. The summed E-state index contributed by atoms with van der Waals surface area (Å²) in [5.74, 6) is 0.367. The average molecular weight is 391 g/mol. The van der Waals surface area contributed by atoms with Crippen LogP contribution >= 0.6 is 0 Å². The molecule has 148 valence electrons. The Bertz CT molecular complexity index is 1030. The highest BCUT2D eigenvalue weighted by Gasteiger charge is 2.14. The molecule has 0 aliphatic carbocycles. The molecule has 0 radical (unpaired) electrons. The molecule has 0 heterocycles. The van der Waals surface area contributed by atoms with Crippen LogP contribution in [-0.2, 0) is 11.4 Å². The number of hydrogen-bond donors (Lipinski definition) is 2. The minimum Gasteiger partial charge on any atom is -0.504 e. The number of rotatable bonds is 7. The first kappa shape index (κ1) is 19.9. The lowest BCUT2D eigenvalue weighted by molar-refractivity contribution is 0.130. The molecule has 29 heavy (non-hydrogen) atoms. The van der Waals surface area contributed by atoms with Gasteiger partial charge in [0.05, 0.1) is 12.8 Å². The number of benzene rings is 3. The van der Waals surface area contributed by atoms with Crippen molar-refractivity contribution in [1.29, 1.82) is 0 Å². The van der Waals surface area contributed by atoms with Gasteiger partial charge >= 0.3 is 0 Å². The van der Waals surface area contributed by atoms with Crippen LogP contribution in [0.25, 0.3) is 11.1 Å². The predicted molar refractivity (Wildman–Crippen MR) is 113 cm³/mol. The van der Waals surface area contributed by atoms with Gasteiger partial charge in [0.1, 0.15) is 12.3 Å². The van der Waals surface area contributed by atoms with Crippen molar-refractivity contribution in [3.8, 4) is 22.6 Å². The van der Waals surface area contributed by atoms with E-state index in [0.717, 1.165) is 16.7 Å². The number of phenols is 1. The first-order valence-electron chi connectivity index (χ1n) is 8.88. The van der Waals surface area contributed by atoms with Crippen LogP contribution < -0.4 is 10.5 Å². The van der Waals surface area contributed by atoms with E-state index in [-0.39, 0.29) is 12.4 Å². The number of phenolic OH excluding ortho intramolecular Hbond substituents is 1. The van der Waals surface area contributed by atoms with Crippen molar-refractivity contribution in [2.24, 2.45) is 10.3 Å². The lowest BCUT2D eigenvalue weighted by Crippen LogP contribution is -2.01. The summed E-state index contributed by atoms with van der Waals surface area (Å²) in [4.78, 5) is 15.9. The van der Waals surface area contributed by atoms with Crippen molar-refractivity contribution in [3.05, 3.63) is 76.7 Å². The SMILES string of the molecule is COc1cc(-c2ccc(N)cc2)c(/C(C)=N/OCc2ccc(N=O)cc2)cc1O. The van der Waals surface area contributed by atoms with Crippen LogP contribution in [0.1, 0.15) is 18.1 Å². The molecular formula is C22H21N3O4. The van der Waals surface area contributed by atoms with E-state index < -0.39 is 0 Å². The molecule has 7 heteroatoms. The summed E-state index contributed by atoms with van der Waals surface area (Å²) in [5.41, 5.74) is 10.7. The van der Waals surface area contributed by atoms with Crippen LogP contribution in [0.15, 0.2) is 71.0 Å². The van der Waals surface area contributed by atoms with Gasteiger partial charge in [0.25, 0.3) is 0 Å². The standard InChI is InChI=1S/C22H21N3O4/c1-14(25-29-13-15-3-9-18(24-27)10-4-15)19-11-21(26)22(28-2)12-20(19)16-5-7-17(23)8-6-16/h3-12,26H,13,23H2,1-2H3/b25-14+. The van der Waals surface area contributed by atoms with Crippen molar-refractivity contribution in [2.45, 2.75) is 13.5 Å².